The molecular formula is C16H16N2O3S. The number of hydrogen-bond donors (Lipinski definition) is 2. The summed E-state index contributed by atoms with van der Waals surface area (Å²) in [7, 11) is 0. The molecule has 2 rings (SSSR count). The fourth-order valence-corrected chi connectivity index (χ4v) is 2.29. The van der Waals surface area contributed by atoms with Gasteiger partial charge < -0.3 is 15.8 Å². The standard InChI is InChI=1S/C16H16N2O3S/c1-22-12-6-4-5-11(9-12)18-16(20)13-7-2-3-8-14(13)21-10-15(17)19/h2-9H,10H2,1H3,(H2,17,19)(H,18,20). The monoisotopic (exact) mass is 316 g/mol. The number of primary amides is 1. The van der Waals surface area contributed by atoms with Gasteiger partial charge in [0.25, 0.3) is 11.8 Å². The Labute approximate surface area is 132 Å². The lowest BCUT2D eigenvalue weighted by atomic mass is 10.2. The second-order valence-corrected chi connectivity index (χ2v) is 5.32. The molecule has 5 nitrogen and oxygen atoms in total. The number of nitrogens with one attached hydrogen (secondary N) is 1. The Morgan fingerprint density at radius 1 is 1.18 bits per heavy atom. The minimum Gasteiger partial charge on any atom is -0.483 e. The highest BCUT2D eigenvalue weighted by molar-refractivity contribution is 7.98. The second-order valence-electron chi connectivity index (χ2n) is 4.44. The molecule has 22 heavy (non-hydrogen) atoms. The van der Waals surface area contributed by atoms with Crippen LogP contribution in [0.1, 0.15) is 10.4 Å². The number of ether oxygens (including phenoxy) is 1. The highest BCUT2D eigenvalue weighted by Gasteiger charge is 2.13. The second kappa shape index (κ2) is 7.51. The molecule has 0 aliphatic rings. The molecule has 2 amide bonds. The van der Waals surface area contributed by atoms with Crippen molar-refractivity contribution >= 4 is 29.3 Å². The highest BCUT2D eigenvalue weighted by atomic mass is 32.2. The van der Waals surface area contributed by atoms with Gasteiger partial charge in [0, 0.05) is 10.6 Å². The fourth-order valence-electron chi connectivity index (χ4n) is 1.83. The number of nitrogens with two attached hydrogens (primary N) is 1. The topological polar surface area (TPSA) is 81.4 Å². The predicted molar refractivity (Wildman–Crippen MR) is 87.3 cm³/mol. The third-order valence-corrected chi connectivity index (χ3v) is 3.55. The third kappa shape index (κ3) is 4.26. The van der Waals surface area contributed by atoms with Gasteiger partial charge in [-0.25, -0.2) is 0 Å². The highest BCUT2D eigenvalue weighted by Crippen LogP contribution is 2.22. The first kappa shape index (κ1) is 15.9. The third-order valence-electron chi connectivity index (χ3n) is 2.83. The van der Waals surface area contributed by atoms with Crippen molar-refractivity contribution in [3.8, 4) is 5.75 Å². The van der Waals surface area contributed by atoms with Crippen LogP contribution in [0.3, 0.4) is 0 Å². The molecule has 2 aromatic rings. The summed E-state index contributed by atoms with van der Waals surface area (Å²) in [5.41, 5.74) is 6.10. The molecule has 0 radical (unpaired) electrons. The van der Waals surface area contributed by atoms with Gasteiger partial charge in [-0.2, -0.15) is 0 Å². The van der Waals surface area contributed by atoms with E-state index in [2.05, 4.69) is 5.32 Å². The van der Waals surface area contributed by atoms with Crippen LogP contribution < -0.4 is 15.8 Å². The fraction of sp³-hybridized carbons (Fsp3) is 0.125. The van der Waals surface area contributed by atoms with E-state index in [4.69, 9.17) is 10.5 Å². The molecule has 0 aromatic heterocycles. The summed E-state index contributed by atoms with van der Waals surface area (Å²) in [5.74, 6) is -0.582. The van der Waals surface area contributed by atoms with E-state index in [-0.39, 0.29) is 12.5 Å². The maximum Gasteiger partial charge on any atom is 0.259 e. The Bertz CT molecular complexity index is 689. The first-order chi connectivity index (χ1) is 10.6. The summed E-state index contributed by atoms with van der Waals surface area (Å²) in [4.78, 5) is 24.2. The van der Waals surface area contributed by atoms with E-state index in [9.17, 15) is 9.59 Å². The van der Waals surface area contributed by atoms with Crippen molar-refractivity contribution in [1.29, 1.82) is 0 Å². The smallest absolute Gasteiger partial charge is 0.259 e. The first-order valence-electron chi connectivity index (χ1n) is 6.55. The van der Waals surface area contributed by atoms with Gasteiger partial charge in [0.05, 0.1) is 5.56 Å². The summed E-state index contributed by atoms with van der Waals surface area (Å²) in [6.07, 6.45) is 1.97. The number of anilines is 1. The van der Waals surface area contributed by atoms with Crippen LogP contribution in [0.2, 0.25) is 0 Å². The summed E-state index contributed by atoms with van der Waals surface area (Å²) in [5, 5.41) is 2.81. The van der Waals surface area contributed by atoms with Crippen LogP contribution in [-0.2, 0) is 4.79 Å². The molecule has 2 aromatic carbocycles. The molecule has 0 unspecified atom stereocenters. The van der Waals surface area contributed by atoms with Gasteiger partial charge in [-0.1, -0.05) is 18.2 Å². The quantitative estimate of drug-likeness (QED) is 0.802. The Hall–Kier alpha value is -2.47. The van der Waals surface area contributed by atoms with Crippen LogP contribution in [0.5, 0.6) is 5.75 Å². The molecule has 0 fully saturated rings. The number of carbonyl (C=O) groups is 2. The van der Waals surface area contributed by atoms with Crippen molar-refractivity contribution in [3.63, 3.8) is 0 Å². The Balaban J connectivity index is 2.16. The van der Waals surface area contributed by atoms with Crippen LogP contribution in [-0.4, -0.2) is 24.7 Å². The zero-order chi connectivity index (χ0) is 15.9. The van der Waals surface area contributed by atoms with Crippen molar-refractivity contribution in [1.82, 2.24) is 0 Å². The SMILES string of the molecule is CSc1cccc(NC(=O)c2ccccc2OCC(N)=O)c1. The van der Waals surface area contributed by atoms with E-state index in [1.54, 1.807) is 36.0 Å². The zero-order valence-corrected chi connectivity index (χ0v) is 12.9. The van der Waals surface area contributed by atoms with E-state index < -0.39 is 5.91 Å². The van der Waals surface area contributed by atoms with E-state index in [0.29, 0.717) is 17.0 Å². The van der Waals surface area contributed by atoms with E-state index in [1.165, 1.54) is 0 Å². The lowest BCUT2D eigenvalue weighted by molar-refractivity contribution is -0.119. The van der Waals surface area contributed by atoms with E-state index in [0.717, 1.165) is 4.90 Å². The predicted octanol–water partition coefficient (Wildman–Crippen LogP) is 2.52. The molecule has 6 heteroatoms. The van der Waals surface area contributed by atoms with Crippen LogP contribution in [0.4, 0.5) is 5.69 Å². The molecule has 0 saturated heterocycles. The van der Waals surface area contributed by atoms with Crippen molar-refractivity contribution in [2.45, 2.75) is 4.90 Å². The Kier molecular flexibility index (Phi) is 5.43. The molecule has 0 aliphatic heterocycles. The van der Waals surface area contributed by atoms with Gasteiger partial charge in [-0.3, -0.25) is 9.59 Å². The average Bonchev–Trinajstić information content (AvgIpc) is 2.53. The molecule has 0 saturated carbocycles. The van der Waals surface area contributed by atoms with Gasteiger partial charge >= 0.3 is 0 Å². The number of para-hydroxylation sites is 1. The van der Waals surface area contributed by atoms with Crippen LogP contribution in [0.25, 0.3) is 0 Å². The van der Waals surface area contributed by atoms with E-state index in [1.807, 2.05) is 30.5 Å². The molecular weight excluding hydrogens is 300 g/mol. The van der Waals surface area contributed by atoms with Gasteiger partial charge in [-0.15, -0.1) is 11.8 Å². The number of carbonyl (C=O) groups excluding carboxylic acids is 2. The molecule has 114 valence electrons. The summed E-state index contributed by atoms with van der Waals surface area (Å²) < 4.78 is 5.26. The first-order valence-corrected chi connectivity index (χ1v) is 7.78. The molecule has 0 spiro atoms. The van der Waals surface area contributed by atoms with Crippen LogP contribution in [0, 0.1) is 0 Å². The number of hydrogen-bond acceptors (Lipinski definition) is 4. The van der Waals surface area contributed by atoms with E-state index >= 15 is 0 Å². The minimum absolute atomic E-state index is 0.272. The number of benzene rings is 2. The lowest BCUT2D eigenvalue weighted by Gasteiger charge is -2.11. The molecule has 0 aliphatic carbocycles. The van der Waals surface area contributed by atoms with Gasteiger partial charge in [0.15, 0.2) is 6.61 Å². The molecule has 0 atom stereocenters. The number of thioether (sulfide) groups is 1. The minimum atomic E-state index is -0.595. The van der Waals surface area contributed by atoms with Crippen LogP contribution >= 0.6 is 11.8 Å². The van der Waals surface area contributed by atoms with Gasteiger partial charge in [0.1, 0.15) is 5.75 Å². The number of amides is 2. The van der Waals surface area contributed by atoms with Crippen molar-refractivity contribution in [2.75, 3.05) is 18.2 Å². The largest absolute Gasteiger partial charge is 0.483 e. The van der Waals surface area contributed by atoms with Crippen molar-refractivity contribution < 1.29 is 14.3 Å². The molecule has 0 bridgehead atoms. The van der Waals surface area contributed by atoms with Gasteiger partial charge in [0.2, 0.25) is 0 Å². The normalized spacial score (nSPS) is 10.0. The maximum absolute atomic E-state index is 12.4. The Morgan fingerprint density at radius 3 is 2.68 bits per heavy atom. The van der Waals surface area contributed by atoms with Crippen molar-refractivity contribution in [3.05, 3.63) is 54.1 Å². The molecule has 0 heterocycles. The zero-order valence-electron chi connectivity index (χ0n) is 12.0. The Morgan fingerprint density at radius 2 is 1.95 bits per heavy atom. The van der Waals surface area contributed by atoms with Gasteiger partial charge in [-0.05, 0) is 36.6 Å². The lowest BCUT2D eigenvalue weighted by Crippen LogP contribution is -2.21. The van der Waals surface area contributed by atoms with Crippen molar-refractivity contribution in [2.24, 2.45) is 5.73 Å². The maximum atomic E-state index is 12.4. The summed E-state index contributed by atoms with van der Waals surface area (Å²) in [6.45, 7) is -0.272. The molecule has 3 N–H and O–H groups in total. The van der Waals surface area contributed by atoms with Crippen LogP contribution in [0.15, 0.2) is 53.4 Å². The number of rotatable bonds is 6. The average molecular weight is 316 g/mol. The summed E-state index contributed by atoms with van der Waals surface area (Å²) in [6, 6.07) is 14.2. The summed E-state index contributed by atoms with van der Waals surface area (Å²) >= 11 is 1.59.